The van der Waals surface area contributed by atoms with Crippen LogP contribution in [0.3, 0.4) is 0 Å². The number of nitrogens with zero attached hydrogens (tertiary/aromatic N) is 1. The summed E-state index contributed by atoms with van der Waals surface area (Å²) >= 11 is 0. The molecule has 1 saturated heterocycles. The van der Waals surface area contributed by atoms with Crippen LogP contribution in [0.2, 0.25) is 0 Å². The molecule has 2 heterocycles. The molecule has 0 spiro atoms. The zero-order valence-electron chi connectivity index (χ0n) is 16.4. The van der Waals surface area contributed by atoms with E-state index in [1.54, 1.807) is 6.07 Å². The standard InChI is InChI=1S/C19H27N5O5/c1-19(4-5-19)22-18(27)29-12-7-14(28-9-12)13-8-15(24-23-13)21-17(26)11-3-2-10(6-11)16(20)25/h8,10-12,14H,2-7,9H2,1H3,(H2,20,25)(H,22,27)(H2,21,23,24,26)/t10-,11+,12+,14+/m1/s1. The second-order valence-corrected chi connectivity index (χ2v) is 8.58. The Kier molecular flexibility index (Phi) is 5.20. The number of ether oxygens (including phenoxy) is 2. The number of rotatable bonds is 6. The fourth-order valence-corrected chi connectivity index (χ4v) is 3.91. The third kappa shape index (κ3) is 4.69. The Bertz CT molecular complexity index is 805. The van der Waals surface area contributed by atoms with E-state index in [2.05, 4.69) is 20.8 Å². The third-order valence-corrected chi connectivity index (χ3v) is 6.04. The fourth-order valence-electron chi connectivity index (χ4n) is 3.91. The van der Waals surface area contributed by atoms with Crippen molar-refractivity contribution in [1.82, 2.24) is 15.5 Å². The van der Waals surface area contributed by atoms with Crippen LogP contribution in [-0.2, 0) is 19.1 Å². The smallest absolute Gasteiger partial charge is 0.407 e. The first-order valence-corrected chi connectivity index (χ1v) is 10.1. The topological polar surface area (TPSA) is 148 Å². The maximum absolute atomic E-state index is 12.4. The average Bonchev–Trinajstić information content (AvgIpc) is 3.13. The van der Waals surface area contributed by atoms with Crippen LogP contribution in [0.5, 0.6) is 0 Å². The number of nitrogens with two attached hydrogens (primary N) is 1. The number of H-pyrrole nitrogens is 1. The van der Waals surface area contributed by atoms with Crippen LogP contribution in [-0.4, -0.2) is 46.4 Å². The lowest BCUT2D eigenvalue weighted by molar-refractivity contribution is -0.122. The van der Waals surface area contributed by atoms with Gasteiger partial charge in [0.25, 0.3) is 0 Å². The zero-order valence-corrected chi connectivity index (χ0v) is 16.4. The molecule has 4 atom stereocenters. The molecule has 2 aliphatic carbocycles. The van der Waals surface area contributed by atoms with E-state index in [1.807, 2.05) is 6.92 Å². The Morgan fingerprint density at radius 1 is 1.28 bits per heavy atom. The van der Waals surface area contributed by atoms with Crippen molar-refractivity contribution >= 4 is 23.7 Å². The van der Waals surface area contributed by atoms with Gasteiger partial charge in [-0.15, -0.1) is 0 Å². The number of hydrogen-bond donors (Lipinski definition) is 4. The summed E-state index contributed by atoms with van der Waals surface area (Å²) in [6.07, 6.45) is 3.19. The summed E-state index contributed by atoms with van der Waals surface area (Å²) in [5.41, 5.74) is 5.91. The zero-order chi connectivity index (χ0) is 20.6. The van der Waals surface area contributed by atoms with Crippen LogP contribution >= 0.6 is 0 Å². The number of amides is 3. The van der Waals surface area contributed by atoms with Gasteiger partial charge >= 0.3 is 6.09 Å². The van der Waals surface area contributed by atoms with Crippen LogP contribution < -0.4 is 16.4 Å². The lowest BCUT2D eigenvalue weighted by Crippen LogP contribution is -2.37. The van der Waals surface area contributed by atoms with E-state index in [4.69, 9.17) is 15.2 Å². The minimum absolute atomic E-state index is 0.122. The normalized spacial score (nSPS) is 30.0. The Balaban J connectivity index is 1.25. The molecule has 3 fully saturated rings. The molecule has 29 heavy (non-hydrogen) atoms. The predicted octanol–water partition coefficient (Wildman–Crippen LogP) is 1.36. The van der Waals surface area contributed by atoms with Gasteiger partial charge in [0.15, 0.2) is 5.82 Å². The van der Waals surface area contributed by atoms with E-state index < -0.39 is 6.09 Å². The fraction of sp³-hybridized carbons (Fsp3) is 0.684. The van der Waals surface area contributed by atoms with Crippen LogP contribution in [0.15, 0.2) is 6.07 Å². The molecule has 1 aromatic heterocycles. The van der Waals surface area contributed by atoms with Gasteiger partial charge in [-0.05, 0) is 39.0 Å². The number of carbonyl (C=O) groups is 3. The van der Waals surface area contributed by atoms with Crippen molar-refractivity contribution in [3.63, 3.8) is 0 Å². The van der Waals surface area contributed by atoms with E-state index in [0.29, 0.717) is 43.8 Å². The monoisotopic (exact) mass is 405 g/mol. The van der Waals surface area contributed by atoms with Crippen molar-refractivity contribution < 1.29 is 23.9 Å². The molecule has 4 rings (SSSR count). The van der Waals surface area contributed by atoms with Gasteiger partial charge in [0.1, 0.15) is 12.2 Å². The summed E-state index contributed by atoms with van der Waals surface area (Å²) in [5, 5.41) is 12.6. The molecule has 0 unspecified atom stereocenters. The summed E-state index contributed by atoms with van der Waals surface area (Å²) in [4.78, 5) is 35.6. The predicted molar refractivity (Wildman–Crippen MR) is 102 cm³/mol. The molecular weight excluding hydrogens is 378 g/mol. The lowest BCUT2D eigenvalue weighted by atomic mass is 10.0. The van der Waals surface area contributed by atoms with E-state index in [9.17, 15) is 14.4 Å². The first-order chi connectivity index (χ1) is 13.8. The first kappa shape index (κ1) is 19.7. The van der Waals surface area contributed by atoms with E-state index in [-0.39, 0.29) is 41.4 Å². The Hall–Kier alpha value is -2.62. The second-order valence-electron chi connectivity index (χ2n) is 8.58. The van der Waals surface area contributed by atoms with Gasteiger partial charge in [0.05, 0.1) is 12.3 Å². The number of primary amides is 1. The van der Waals surface area contributed by atoms with Gasteiger partial charge < -0.3 is 25.8 Å². The van der Waals surface area contributed by atoms with Crippen molar-refractivity contribution in [3.05, 3.63) is 11.8 Å². The molecule has 1 aliphatic heterocycles. The Labute approximate surface area is 168 Å². The lowest BCUT2D eigenvalue weighted by Gasteiger charge is -2.15. The van der Waals surface area contributed by atoms with Crippen molar-refractivity contribution in [2.24, 2.45) is 17.6 Å². The van der Waals surface area contributed by atoms with E-state index >= 15 is 0 Å². The van der Waals surface area contributed by atoms with Gasteiger partial charge in [-0.1, -0.05) is 0 Å². The second kappa shape index (κ2) is 7.66. The molecule has 2 saturated carbocycles. The molecule has 0 bridgehead atoms. The molecule has 3 aliphatic rings. The molecule has 0 aromatic carbocycles. The molecule has 3 amide bonds. The van der Waals surface area contributed by atoms with Crippen LogP contribution in [0.25, 0.3) is 0 Å². The number of carbonyl (C=O) groups excluding carboxylic acids is 3. The number of aromatic amines is 1. The first-order valence-electron chi connectivity index (χ1n) is 10.1. The van der Waals surface area contributed by atoms with Crippen LogP contribution in [0.4, 0.5) is 10.6 Å². The minimum atomic E-state index is -0.414. The van der Waals surface area contributed by atoms with Gasteiger partial charge in [-0.25, -0.2) is 4.79 Å². The summed E-state index contributed by atoms with van der Waals surface area (Å²) in [6, 6.07) is 1.72. The van der Waals surface area contributed by atoms with Gasteiger partial charge in [-0.3, -0.25) is 14.7 Å². The summed E-state index contributed by atoms with van der Waals surface area (Å²) in [7, 11) is 0. The highest BCUT2D eigenvalue weighted by molar-refractivity contribution is 5.92. The molecule has 0 radical (unpaired) electrons. The molecule has 10 heteroatoms. The molecular formula is C19H27N5O5. The minimum Gasteiger partial charge on any atom is -0.444 e. The Morgan fingerprint density at radius 2 is 2.03 bits per heavy atom. The summed E-state index contributed by atoms with van der Waals surface area (Å²) in [6.45, 7) is 2.30. The van der Waals surface area contributed by atoms with Gasteiger partial charge in [0.2, 0.25) is 11.8 Å². The molecule has 10 nitrogen and oxygen atoms in total. The molecule has 5 N–H and O–H groups in total. The SMILES string of the molecule is CC1(NC(=O)O[C@@H]2CO[C@H](c3cc(NC(=O)[C@H]4CC[C@@H](C(N)=O)C4)n[nH]3)C2)CC1. The molecule has 1 aromatic rings. The number of aromatic nitrogens is 2. The number of nitrogens with one attached hydrogen (secondary N) is 3. The largest absolute Gasteiger partial charge is 0.444 e. The number of hydrogen-bond acceptors (Lipinski definition) is 6. The van der Waals surface area contributed by atoms with Gasteiger partial charge in [0, 0.05) is 29.9 Å². The maximum atomic E-state index is 12.4. The highest BCUT2D eigenvalue weighted by atomic mass is 16.6. The van der Waals surface area contributed by atoms with E-state index in [0.717, 1.165) is 12.8 Å². The quantitative estimate of drug-likeness (QED) is 0.561. The van der Waals surface area contributed by atoms with Crippen molar-refractivity contribution in [2.45, 2.75) is 63.2 Å². The van der Waals surface area contributed by atoms with Crippen molar-refractivity contribution in [3.8, 4) is 0 Å². The summed E-state index contributed by atoms with van der Waals surface area (Å²) < 4.78 is 11.1. The average molecular weight is 405 g/mol. The summed E-state index contributed by atoms with van der Waals surface area (Å²) in [5.74, 6) is -0.577. The van der Waals surface area contributed by atoms with Crippen molar-refractivity contribution in [2.75, 3.05) is 11.9 Å². The highest BCUT2D eigenvalue weighted by Crippen LogP contribution is 2.35. The van der Waals surface area contributed by atoms with Crippen LogP contribution in [0, 0.1) is 11.8 Å². The third-order valence-electron chi connectivity index (χ3n) is 6.04. The Morgan fingerprint density at radius 3 is 2.72 bits per heavy atom. The number of anilines is 1. The van der Waals surface area contributed by atoms with Crippen LogP contribution in [0.1, 0.15) is 57.2 Å². The molecule has 158 valence electrons. The maximum Gasteiger partial charge on any atom is 0.407 e. The van der Waals surface area contributed by atoms with Crippen molar-refractivity contribution in [1.29, 1.82) is 0 Å². The van der Waals surface area contributed by atoms with Gasteiger partial charge in [-0.2, -0.15) is 5.10 Å². The number of alkyl carbamates (subject to hydrolysis) is 1. The highest BCUT2D eigenvalue weighted by Gasteiger charge is 2.40. The van der Waals surface area contributed by atoms with E-state index in [1.165, 1.54) is 0 Å².